The Bertz CT molecular complexity index is 691. The summed E-state index contributed by atoms with van der Waals surface area (Å²) in [6.45, 7) is 0.260. The largest absolute Gasteiger partial charge is 0.469 e. The number of rotatable bonds is 6. The van der Waals surface area contributed by atoms with Crippen LogP contribution in [0.25, 0.3) is 0 Å². The van der Waals surface area contributed by atoms with Gasteiger partial charge in [0.1, 0.15) is 0 Å². The number of sulfonamides is 1. The molecule has 0 radical (unpaired) electrons. The maximum atomic E-state index is 12.1. The average molecular weight is 325 g/mol. The highest BCUT2D eigenvalue weighted by molar-refractivity contribution is 7.89. The van der Waals surface area contributed by atoms with Gasteiger partial charge < -0.3 is 4.74 Å². The minimum Gasteiger partial charge on any atom is -0.469 e. The molecule has 2 aromatic rings. The zero-order valence-electron chi connectivity index (χ0n) is 11.4. The second kappa shape index (κ2) is 6.84. The van der Waals surface area contributed by atoms with Crippen LogP contribution in [0.15, 0.2) is 46.0 Å². The van der Waals surface area contributed by atoms with E-state index in [1.807, 2.05) is 16.8 Å². The molecule has 5 nitrogen and oxygen atoms in total. The van der Waals surface area contributed by atoms with E-state index in [-0.39, 0.29) is 23.8 Å². The van der Waals surface area contributed by atoms with Gasteiger partial charge in [0.2, 0.25) is 10.0 Å². The molecule has 0 aliphatic rings. The summed E-state index contributed by atoms with van der Waals surface area (Å²) in [5.74, 6) is -0.360. The van der Waals surface area contributed by atoms with Crippen molar-refractivity contribution in [1.82, 2.24) is 4.72 Å². The van der Waals surface area contributed by atoms with Crippen molar-refractivity contribution in [2.24, 2.45) is 0 Å². The minimum atomic E-state index is -3.55. The normalized spacial score (nSPS) is 11.3. The second-order valence-electron chi connectivity index (χ2n) is 4.35. The Morgan fingerprint density at radius 3 is 2.48 bits per heavy atom. The highest BCUT2D eigenvalue weighted by Crippen LogP contribution is 2.13. The first-order valence-electron chi connectivity index (χ1n) is 6.18. The quantitative estimate of drug-likeness (QED) is 0.824. The van der Waals surface area contributed by atoms with Crippen LogP contribution in [0.2, 0.25) is 0 Å². The number of nitrogens with one attached hydrogen (secondary N) is 1. The lowest BCUT2D eigenvalue weighted by molar-refractivity contribution is -0.139. The van der Waals surface area contributed by atoms with Crippen molar-refractivity contribution >= 4 is 27.3 Å². The molecule has 2 rings (SSSR count). The number of ether oxygens (including phenoxy) is 1. The third kappa shape index (κ3) is 4.38. The van der Waals surface area contributed by atoms with Gasteiger partial charge in [-0.25, -0.2) is 13.1 Å². The van der Waals surface area contributed by atoms with Gasteiger partial charge in [0.05, 0.1) is 18.4 Å². The van der Waals surface area contributed by atoms with Gasteiger partial charge >= 0.3 is 5.97 Å². The lowest BCUT2D eigenvalue weighted by Crippen LogP contribution is -2.23. The molecule has 0 saturated carbocycles. The molecular weight excluding hydrogens is 310 g/mol. The van der Waals surface area contributed by atoms with Gasteiger partial charge in [-0.2, -0.15) is 11.3 Å². The zero-order chi connectivity index (χ0) is 15.3. The molecule has 7 heteroatoms. The smallest absolute Gasteiger partial charge is 0.309 e. The molecule has 1 heterocycles. The first kappa shape index (κ1) is 15.7. The Labute approximate surface area is 127 Å². The molecule has 21 heavy (non-hydrogen) atoms. The highest BCUT2D eigenvalue weighted by Gasteiger charge is 2.14. The summed E-state index contributed by atoms with van der Waals surface area (Å²) in [7, 11) is -2.23. The lowest BCUT2D eigenvalue weighted by atomic mass is 10.2. The molecule has 0 aliphatic carbocycles. The first-order chi connectivity index (χ1) is 10.0. The molecule has 0 amide bonds. The van der Waals surface area contributed by atoms with Crippen molar-refractivity contribution in [3.8, 4) is 0 Å². The van der Waals surface area contributed by atoms with Crippen molar-refractivity contribution in [3.05, 3.63) is 52.2 Å². The van der Waals surface area contributed by atoms with Crippen LogP contribution in [0.3, 0.4) is 0 Å². The number of hydrogen-bond acceptors (Lipinski definition) is 5. The number of esters is 1. The first-order valence-corrected chi connectivity index (χ1v) is 8.60. The summed E-state index contributed by atoms with van der Waals surface area (Å²) in [4.78, 5) is 11.3. The average Bonchev–Trinajstić information content (AvgIpc) is 2.99. The molecule has 1 aromatic carbocycles. The molecule has 112 valence electrons. The van der Waals surface area contributed by atoms with E-state index in [0.29, 0.717) is 5.56 Å². The Morgan fingerprint density at radius 1 is 1.19 bits per heavy atom. The number of methoxy groups -OCH3 is 1. The van der Waals surface area contributed by atoms with E-state index >= 15 is 0 Å². The van der Waals surface area contributed by atoms with Gasteiger partial charge in [-0.15, -0.1) is 0 Å². The minimum absolute atomic E-state index is 0.124. The number of hydrogen-bond donors (Lipinski definition) is 1. The van der Waals surface area contributed by atoms with Gasteiger partial charge in [0.25, 0.3) is 0 Å². The Kier molecular flexibility index (Phi) is 5.11. The van der Waals surface area contributed by atoms with Gasteiger partial charge in [0.15, 0.2) is 0 Å². The fraction of sp³-hybridized carbons (Fsp3) is 0.214. The van der Waals surface area contributed by atoms with E-state index in [1.165, 1.54) is 30.6 Å². The van der Waals surface area contributed by atoms with Crippen LogP contribution in [0.5, 0.6) is 0 Å². The summed E-state index contributed by atoms with van der Waals surface area (Å²) in [6, 6.07) is 8.04. The van der Waals surface area contributed by atoms with Crippen molar-refractivity contribution in [2.45, 2.75) is 17.9 Å². The molecule has 1 aromatic heterocycles. The van der Waals surface area contributed by atoms with E-state index in [1.54, 1.807) is 12.1 Å². The van der Waals surface area contributed by atoms with Gasteiger partial charge in [-0.3, -0.25) is 4.79 Å². The topological polar surface area (TPSA) is 72.5 Å². The Balaban J connectivity index is 2.04. The van der Waals surface area contributed by atoms with Crippen LogP contribution in [-0.4, -0.2) is 21.5 Å². The van der Waals surface area contributed by atoms with Crippen LogP contribution in [0, 0.1) is 0 Å². The summed E-state index contributed by atoms with van der Waals surface area (Å²) >= 11 is 1.52. The molecule has 1 N–H and O–H groups in total. The van der Waals surface area contributed by atoms with E-state index in [2.05, 4.69) is 9.46 Å². The Hall–Kier alpha value is -1.70. The van der Waals surface area contributed by atoms with E-state index < -0.39 is 10.0 Å². The van der Waals surface area contributed by atoms with Gasteiger partial charge in [-0.05, 0) is 40.1 Å². The van der Waals surface area contributed by atoms with Crippen molar-refractivity contribution in [3.63, 3.8) is 0 Å². The van der Waals surface area contributed by atoms with Crippen LogP contribution in [0.4, 0.5) is 0 Å². The molecule has 0 saturated heterocycles. The van der Waals surface area contributed by atoms with Crippen molar-refractivity contribution in [1.29, 1.82) is 0 Å². The van der Waals surface area contributed by atoms with Crippen molar-refractivity contribution < 1.29 is 17.9 Å². The molecule has 0 bridgehead atoms. The summed E-state index contributed by atoms with van der Waals surface area (Å²) < 4.78 is 31.3. The second-order valence-corrected chi connectivity index (χ2v) is 6.90. The van der Waals surface area contributed by atoms with Gasteiger partial charge in [0, 0.05) is 6.54 Å². The lowest BCUT2D eigenvalue weighted by Gasteiger charge is -2.07. The predicted octanol–water partition coefficient (Wildman–Crippen LogP) is 1.94. The standard InChI is InChI=1S/C14H15NO4S2/c1-19-14(16)8-11-2-4-13(5-3-11)21(17,18)15-9-12-6-7-20-10-12/h2-7,10,15H,8-9H2,1H3. The number of benzene rings is 1. The van der Waals surface area contributed by atoms with Crippen LogP contribution >= 0.6 is 11.3 Å². The van der Waals surface area contributed by atoms with E-state index in [9.17, 15) is 13.2 Å². The monoisotopic (exact) mass is 325 g/mol. The molecule has 0 atom stereocenters. The fourth-order valence-corrected chi connectivity index (χ4v) is 3.37. The third-order valence-corrected chi connectivity index (χ3v) is 5.01. The molecule has 0 fully saturated rings. The summed E-state index contributed by atoms with van der Waals surface area (Å²) in [5.41, 5.74) is 1.63. The van der Waals surface area contributed by atoms with Crippen LogP contribution < -0.4 is 4.72 Å². The van der Waals surface area contributed by atoms with E-state index in [0.717, 1.165) is 5.56 Å². The maximum absolute atomic E-state index is 12.1. The molecule has 0 unspecified atom stereocenters. The SMILES string of the molecule is COC(=O)Cc1ccc(S(=O)(=O)NCc2ccsc2)cc1. The molecular formula is C14H15NO4S2. The Morgan fingerprint density at radius 2 is 1.90 bits per heavy atom. The predicted molar refractivity (Wildman–Crippen MR) is 80.5 cm³/mol. The molecule has 0 spiro atoms. The van der Waals surface area contributed by atoms with Crippen LogP contribution in [0.1, 0.15) is 11.1 Å². The zero-order valence-corrected chi connectivity index (χ0v) is 13.0. The third-order valence-electron chi connectivity index (χ3n) is 2.86. The number of carbonyl (C=O) groups excluding carboxylic acids is 1. The number of carbonyl (C=O) groups is 1. The molecule has 0 aliphatic heterocycles. The fourth-order valence-electron chi connectivity index (χ4n) is 1.68. The van der Waals surface area contributed by atoms with Gasteiger partial charge in [-0.1, -0.05) is 12.1 Å². The van der Waals surface area contributed by atoms with Crippen LogP contribution in [-0.2, 0) is 32.5 Å². The maximum Gasteiger partial charge on any atom is 0.309 e. The number of thiophene rings is 1. The highest BCUT2D eigenvalue weighted by atomic mass is 32.2. The summed E-state index contributed by atoms with van der Waals surface area (Å²) in [5, 5.41) is 3.78. The summed E-state index contributed by atoms with van der Waals surface area (Å²) in [6.07, 6.45) is 0.124. The van der Waals surface area contributed by atoms with E-state index in [4.69, 9.17) is 0 Å². The van der Waals surface area contributed by atoms with Crippen molar-refractivity contribution in [2.75, 3.05) is 7.11 Å².